The van der Waals surface area contributed by atoms with Crippen LogP contribution in [0.2, 0.25) is 0 Å². The molecule has 1 N–H and O–H groups in total. The zero-order chi connectivity index (χ0) is 15.3. The summed E-state index contributed by atoms with van der Waals surface area (Å²) < 4.78 is 28.1. The Hall–Kier alpha value is -1.73. The van der Waals surface area contributed by atoms with Gasteiger partial charge < -0.3 is 0 Å². The average molecular weight is 308 g/mol. The lowest BCUT2D eigenvalue weighted by atomic mass is 10.1. The fourth-order valence-electron chi connectivity index (χ4n) is 1.98. The van der Waals surface area contributed by atoms with Gasteiger partial charge in [-0.1, -0.05) is 19.4 Å². The second-order valence-electron chi connectivity index (χ2n) is 4.91. The third-order valence-electron chi connectivity index (χ3n) is 3.12. The SMILES string of the molecule is CCCCS(=O)(=O)NCc1cccnc1-c1cnn(C)c1. The molecule has 2 aromatic heterocycles. The molecule has 114 valence electrons. The predicted octanol–water partition coefficient (Wildman–Crippen LogP) is 1.70. The van der Waals surface area contributed by atoms with Gasteiger partial charge in [0.2, 0.25) is 10.0 Å². The minimum absolute atomic E-state index is 0.159. The van der Waals surface area contributed by atoms with E-state index in [4.69, 9.17) is 0 Å². The summed E-state index contributed by atoms with van der Waals surface area (Å²) in [6, 6.07) is 3.67. The van der Waals surface area contributed by atoms with Gasteiger partial charge in [0.15, 0.2) is 0 Å². The van der Waals surface area contributed by atoms with Gasteiger partial charge in [0.1, 0.15) is 0 Å². The van der Waals surface area contributed by atoms with Crippen molar-refractivity contribution in [1.29, 1.82) is 0 Å². The second-order valence-corrected chi connectivity index (χ2v) is 6.83. The zero-order valence-corrected chi connectivity index (χ0v) is 13.1. The molecule has 0 spiro atoms. The molecule has 0 aliphatic rings. The first-order valence-electron chi connectivity index (χ1n) is 6.92. The van der Waals surface area contributed by atoms with Crippen LogP contribution < -0.4 is 4.72 Å². The van der Waals surface area contributed by atoms with Crippen molar-refractivity contribution in [2.45, 2.75) is 26.3 Å². The Morgan fingerprint density at radius 1 is 1.38 bits per heavy atom. The summed E-state index contributed by atoms with van der Waals surface area (Å²) in [5.41, 5.74) is 2.47. The topological polar surface area (TPSA) is 76.9 Å². The maximum absolute atomic E-state index is 11.9. The monoisotopic (exact) mass is 308 g/mol. The molecule has 2 aromatic rings. The average Bonchev–Trinajstić information content (AvgIpc) is 2.90. The Morgan fingerprint density at radius 2 is 2.19 bits per heavy atom. The van der Waals surface area contributed by atoms with Crippen molar-refractivity contribution in [3.05, 3.63) is 36.3 Å². The van der Waals surface area contributed by atoms with Gasteiger partial charge >= 0.3 is 0 Å². The number of unbranched alkanes of at least 4 members (excludes halogenated alkanes) is 1. The molecular formula is C14H20N4O2S. The Balaban J connectivity index is 2.14. The van der Waals surface area contributed by atoms with Crippen LogP contribution in [0.1, 0.15) is 25.3 Å². The molecule has 0 radical (unpaired) electrons. The van der Waals surface area contributed by atoms with Crippen molar-refractivity contribution in [1.82, 2.24) is 19.5 Å². The lowest BCUT2D eigenvalue weighted by Crippen LogP contribution is -2.26. The van der Waals surface area contributed by atoms with Gasteiger partial charge in [-0.3, -0.25) is 9.67 Å². The number of rotatable bonds is 7. The van der Waals surface area contributed by atoms with E-state index in [-0.39, 0.29) is 12.3 Å². The van der Waals surface area contributed by atoms with Gasteiger partial charge in [0.05, 0.1) is 17.6 Å². The molecule has 0 aromatic carbocycles. The fraction of sp³-hybridized carbons (Fsp3) is 0.429. The van der Waals surface area contributed by atoms with E-state index in [2.05, 4.69) is 14.8 Å². The minimum Gasteiger partial charge on any atom is -0.275 e. The summed E-state index contributed by atoms with van der Waals surface area (Å²) in [6.45, 7) is 2.21. The summed E-state index contributed by atoms with van der Waals surface area (Å²) >= 11 is 0. The lowest BCUT2D eigenvalue weighted by Gasteiger charge is -2.09. The number of hydrogen-bond acceptors (Lipinski definition) is 4. The Labute approximate surface area is 125 Å². The molecule has 0 unspecified atom stereocenters. The van der Waals surface area contributed by atoms with E-state index in [1.54, 1.807) is 23.1 Å². The number of aromatic nitrogens is 3. The number of hydrogen-bond donors (Lipinski definition) is 1. The zero-order valence-electron chi connectivity index (χ0n) is 12.3. The molecule has 0 aliphatic carbocycles. The molecule has 0 saturated carbocycles. The first-order valence-corrected chi connectivity index (χ1v) is 8.57. The highest BCUT2D eigenvalue weighted by Gasteiger charge is 2.12. The molecule has 0 saturated heterocycles. The van der Waals surface area contributed by atoms with E-state index in [1.165, 1.54) is 0 Å². The van der Waals surface area contributed by atoms with Crippen molar-refractivity contribution < 1.29 is 8.42 Å². The normalized spacial score (nSPS) is 11.7. The first-order chi connectivity index (χ1) is 10.0. The lowest BCUT2D eigenvalue weighted by molar-refractivity contribution is 0.578. The Bertz CT molecular complexity index is 695. The molecule has 0 amide bonds. The van der Waals surface area contributed by atoms with Crippen molar-refractivity contribution in [3.8, 4) is 11.3 Å². The number of nitrogens with zero attached hydrogens (tertiary/aromatic N) is 3. The fourth-order valence-corrected chi connectivity index (χ4v) is 3.17. The Kier molecular flexibility index (Phi) is 5.08. The van der Waals surface area contributed by atoms with Gasteiger partial charge in [-0.25, -0.2) is 13.1 Å². The minimum atomic E-state index is -3.23. The van der Waals surface area contributed by atoms with Gasteiger partial charge in [-0.15, -0.1) is 0 Å². The van der Waals surface area contributed by atoms with Crippen molar-refractivity contribution in [2.24, 2.45) is 7.05 Å². The summed E-state index contributed by atoms with van der Waals surface area (Å²) in [6.07, 6.45) is 6.79. The number of sulfonamides is 1. The molecule has 7 heteroatoms. The van der Waals surface area contributed by atoms with E-state index >= 15 is 0 Å². The van der Waals surface area contributed by atoms with Crippen LogP contribution in [0.5, 0.6) is 0 Å². The van der Waals surface area contributed by atoms with Crippen LogP contribution in [-0.4, -0.2) is 28.9 Å². The molecule has 0 fully saturated rings. The van der Waals surface area contributed by atoms with Crippen molar-refractivity contribution in [2.75, 3.05) is 5.75 Å². The standard InChI is InChI=1S/C14H20N4O2S/c1-3-4-8-21(19,20)17-10-12-6-5-7-15-14(12)13-9-16-18(2)11-13/h5-7,9,11,17H,3-4,8,10H2,1-2H3. The van der Waals surface area contributed by atoms with Crippen LogP contribution in [0.4, 0.5) is 0 Å². The molecule has 2 heterocycles. The summed E-state index contributed by atoms with van der Waals surface area (Å²) in [5, 5.41) is 4.12. The van der Waals surface area contributed by atoms with Gasteiger partial charge in [-0.2, -0.15) is 5.10 Å². The highest BCUT2D eigenvalue weighted by molar-refractivity contribution is 7.89. The molecule has 6 nitrogen and oxygen atoms in total. The van der Waals surface area contributed by atoms with Crippen LogP contribution >= 0.6 is 0 Å². The largest absolute Gasteiger partial charge is 0.275 e. The summed E-state index contributed by atoms with van der Waals surface area (Å²) in [5.74, 6) is 0.159. The van der Waals surface area contributed by atoms with Gasteiger partial charge in [0.25, 0.3) is 0 Å². The predicted molar refractivity (Wildman–Crippen MR) is 82.0 cm³/mol. The number of aryl methyl sites for hydroxylation is 1. The maximum Gasteiger partial charge on any atom is 0.211 e. The van der Waals surface area contributed by atoms with E-state index < -0.39 is 10.0 Å². The van der Waals surface area contributed by atoms with Crippen LogP contribution in [0.3, 0.4) is 0 Å². The second kappa shape index (κ2) is 6.82. The maximum atomic E-state index is 11.9. The van der Waals surface area contributed by atoms with Gasteiger partial charge in [-0.05, 0) is 18.1 Å². The third-order valence-corrected chi connectivity index (χ3v) is 4.53. The van der Waals surface area contributed by atoms with E-state index in [9.17, 15) is 8.42 Å². The molecule has 0 bridgehead atoms. The molecule has 2 rings (SSSR count). The third kappa shape index (κ3) is 4.37. The van der Waals surface area contributed by atoms with E-state index in [0.717, 1.165) is 23.2 Å². The van der Waals surface area contributed by atoms with Crippen LogP contribution in [0, 0.1) is 0 Å². The van der Waals surface area contributed by atoms with Gasteiger partial charge in [0, 0.05) is 31.5 Å². The Morgan fingerprint density at radius 3 is 2.86 bits per heavy atom. The van der Waals surface area contributed by atoms with Crippen LogP contribution in [0.15, 0.2) is 30.7 Å². The summed E-state index contributed by atoms with van der Waals surface area (Å²) in [7, 11) is -1.40. The van der Waals surface area contributed by atoms with Crippen LogP contribution in [0.25, 0.3) is 11.3 Å². The number of nitrogens with one attached hydrogen (secondary N) is 1. The first kappa shape index (κ1) is 15.7. The molecule has 21 heavy (non-hydrogen) atoms. The van der Waals surface area contributed by atoms with E-state index in [1.807, 2.05) is 26.2 Å². The molecule has 0 aliphatic heterocycles. The highest BCUT2D eigenvalue weighted by Crippen LogP contribution is 2.20. The quantitative estimate of drug-likeness (QED) is 0.844. The summed E-state index contributed by atoms with van der Waals surface area (Å²) in [4.78, 5) is 4.34. The van der Waals surface area contributed by atoms with Crippen LogP contribution in [-0.2, 0) is 23.6 Å². The highest BCUT2D eigenvalue weighted by atomic mass is 32.2. The molecule has 0 atom stereocenters. The molecular weight excluding hydrogens is 288 g/mol. The number of pyridine rings is 1. The van der Waals surface area contributed by atoms with E-state index in [0.29, 0.717) is 6.42 Å². The van der Waals surface area contributed by atoms with Crippen molar-refractivity contribution in [3.63, 3.8) is 0 Å². The smallest absolute Gasteiger partial charge is 0.211 e. The van der Waals surface area contributed by atoms with Crippen molar-refractivity contribution >= 4 is 10.0 Å².